The largest absolute Gasteiger partial charge is 0.379 e. The molecule has 1 aliphatic heterocycles. The van der Waals surface area contributed by atoms with E-state index in [0.29, 0.717) is 13.2 Å². The molecule has 0 aliphatic carbocycles. The Morgan fingerprint density at radius 2 is 2.50 bits per heavy atom. The zero-order chi connectivity index (χ0) is 9.80. The van der Waals surface area contributed by atoms with Gasteiger partial charge in [-0.2, -0.15) is 0 Å². The third kappa shape index (κ3) is 2.77. The maximum Gasteiger partial charge on any atom is 0.106 e. The molecule has 1 atom stereocenters. The fraction of sp³-hybridized carbons (Fsp3) is 0.500. The van der Waals surface area contributed by atoms with E-state index < -0.39 is 0 Å². The summed E-state index contributed by atoms with van der Waals surface area (Å²) in [6, 6.07) is 5.82. The van der Waals surface area contributed by atoms with Crippen molar-refractivity contribution >= 4 is 15.9 Å². The van der Waals surface area contributed by atoms with Gasteiger partial charge in [-0.3, -0.25) is 0 Å². The standard InChI is InChI=1S/C10H12BrNO2/c11-10-3-1-2-8(12-10)6-14-9-4-5-13-7-9/h1-3,9H,4-7H2. The first-order valence-corrected chi connectivity index (χ1v) is 5.44. The molecule has 0 N–H and O–H groups in total. The first-order chi connectivity index (χ1) is 6.84. The molecule has 0 bridgehead atoms. The summed E-state index contributed by atoms with van der Waals surface area (Å²) in [5, 5.41) is 0. The van der Waals surface area contributed by atoms with Crippen LogP contribution in [0.1, 0.15) is 12.1 Å². The van der Waals surface area contributed by atoms with E-state index in [9.17, 15) is 0 Å². The molecule has 0 saturated carbocycles. The van der Waals surface area contributed by atoms with Crippen molar-refractivity contribution < 1.29 is 9.47 Å². The monoisotopic (exact) mass is 257 g/mol. The molecule has 1 fully saturated rings. The van der Waals surface area contributed by atoms with E-state index in [2.05, 4.69) is 20.9 Å². The van der Waals surface area contributed by atoms with Crippen molar-refractivity contribution in [2.24, 2.45) is 0 Å². The van der Waals surface area contributed by atoms with Crippen LogP contribution in [0.2, 0.25) is 0 Å². The van der Waals surface area contributed by atoms with Crippen molar-refractivity contribution in [2.45, 2.75) is 19.1 Å². The molecule has 3 nitrogen and oxygen atoms in total. The lowest BCUT2D eigenvalue weighted by Gasteiger charge is -2.08. The SMILES string of the molecule is Brc1cccc(COC2CCOC2)n1. The fourth-order valence-corrected chi connectivity index (χ4v) is 1.76. The van der Waals surface area contributed by atoms with Crippen molar-refractivity contribution in [3.8, 4) is 0 Å². The fourth-order valence-electron chi connectivity index (χ4n) is 1.38. The van der Waals surface area contributed by atoms with Crippen molar-refractivity contribution in [3.05, 3.63) is 28.5 Å². The average Bonchev–Trinajstić information content (AvgIpc) is 2.67. The van der Waals surface area contributed by atoms with E-state index in [0.717, 1.165) is 23.3 Å². The van der Waals surface area contributed by atoms with E-state index in [1.807, 2.05) is 18.2 Å². The van der Waals surface area contributed by atoms with Crippen LogP contribution in [0.25, 0.3) is 0 Å². The highest BCUT2D eigenvalue weighted by atomic mass is 79.9. The highest BCUT2D eigenvalue weighted by Crippen LogP contribution is 2.12. The van der Waals surface area contributed by atoms with Gasteiger partial charge in [0.25, 0.3) is 0 Å². The van der Waals surface area contributed by atoms with Crippen LogP contribution in [-0.2, 0) is 16.1 Å². The van der Waals surface area contributed by atoms with Gasteiger partial charge in [0.15, 0.2) is 0 Å². The van der Waals surface area contributed by atoms with Crippen LogP contribution in [0.4, 0.5) is 0 Å². The second-order valence-electron chi connectivity index (χ2n) is 3.25. The molecule has 1 aliphatic rings. The summed E-state index contributed by atoms with van der Waals surface area (Å²) in [7, 11) is 0. The number of rotatable bonds is 3. The topological polar surface area (TPSA) is 31.4 Å². The van der Waals surface area contributed by atoms with Gasteiger partial charge in [0, 0.05) is 6.61 Å². The molecule has 76 valence electrons. The van der Waals surface area contributed by atoms with Crippen molar-refractivity contribution in [1.29, 1.82) is 0 Å². The molecular weight excluding hydrogens is 246 g/mol. The Hall–Kier alpha value is -0.450. The van der Waals surface area contributed by atoms with Crippen molar-refractivity contribution in [2.75, 3.05) is 13.2 Å². The van der Waals surface area contributed by atoms with Gasteiger partial charge in [0.2, 0.25) is 0 Å². The molecule has 1 aromatic rings. The Kier molecular flexibility index (Phi) is 3.50. The number of hydrogen-bond acceptors (Lipinski definition) is 3. The quantitative estimate of drug-likeness (QED) is 0.778. The lowest BCUT2D eigenvalue weighted by molar-refractivity contribution is 0.0301. The van der Waals surface area contributed by atoms with Crippen molar-refractivity contribution in [3.63, 3.8) is 0 Å². The van der Waals surface area contributed by atoms with Crippen LogP contribution in [0, 0.1) is 0 Å². The minimum Gasteiger partial charge on any atom is -0.379 e. The summed E-state index contributed by atoms with van der Waals surface area (Å²) in [5.74, 6) is 0. The third-order valence-corrected chi connectivity index (χ3v) is 2.57. The van der Waals surface area contributed by atoms with E-state index in [1.165, 1.54) is 0 Å². The minimum absolute atomic E-state index is 0.246. The van der Waals surface area contributed by atoms with E-state index >= 15 is 0 Å². The number of ether oxygens (including phenoxy) is 2. The molecule has 1 saturated heterocycles. The lowest BCUT2D eigenvalue weighted by atomic mass is 10.3. The van der Waals surface area contributed by atoms with Crippen LogP contribution >= 0.6 is 15.9 Å². The molecule has 14 heavy (non-hydrogen) atoms. The molecule has 4 heteroatoms. The second-order valence-corrected chi connectivity index (χ2v) is 4.06. The Morgan fingerprint density at radius 1 is 1.57 bits per heavy atom. The Morgan fingerprint density at radius 3 is 3.21 bits per heavy atom. The average molecular weight is 258 g/mol. The number of aromatic nitrogens is 1. The zero-order valence-electron chi connectivity index (χ0n) is 7.78. The van der Waals surface area contributed by atoms with Gasteiger partial charge < -0.3 is 9.47 Å². The van der Waals surface area contributed by atoms with Gasteiger partial charge >= 0.3 is 0 Å². The first kappa shape index (κ1) is 10.1. The lowest BCUT2D eigenvalue weighted by Crippen LogP contribution is -2.12. The number of pyridine rings is 1. The van der Waals surface area contributed by atoms with E-state index in [1.54, 1.807) is 0 Å². The molecule has 0 spiro atoms. The Balaban J connectivity index is 1.85. The molecular formula is C10H12BrNO2. The maximum absolute atomic E-state index is 5.64. The predicted octanol–water partition coefficient (Wildman–Crippen LogP) is 2.15. The van der Waals surface area contributed by atoms with Crippen LogP contribution < -0.4 is 0 Å². The van der Waals surface area contributed by atoms with Crippen LogP contribution in [-0.4, -0.2) is 24.3 Å². The molecule has 2 heterocycles. The molecule has 2 rings (SSSR count). The Labute approximate surface area is 91.6 Å². The van der Waals surface area contributed by atoms with Gasteiger partial charge in [-0.25, -0.2) is 4.98 Å². The Bertz CT molecular complexity index is 300. The normalized spacial score (nSPS) is 21.4. The molecule has 0 aromatic carbocycles. The van der Waals surface area contributed by atoms with Gasteiger partial charge in [-0.1, -0.05) is 6.07 Å². The molecule has 0 radical (unpaired) electrons. The molecule has 1 aromatic heterocycles. The first-order valence-electron chi connectivity index (χ1n) is 4.65. The van der Waals surface area contributed by atoms with Crippen LogP contribution in [0.5, 0.6) is 0 Å². The zero-order valence-corrected chi connectivity index (χ0v) is 9.37. The summed E-state index contributed by atoms with van der Waals surface area (Å²) in [5.41, 5.74) is 0.950. The molecule has 1 unspecified atom stereocenters. The van der Waals surface area contributed by atoms with Crippen molar-refractivity contribution in [1.82, 2.24) is 4.98 Å². The maximum atomic E-state index is 5.64. The smallest absolute Gasteiger partial charge is 0.106 e. The number of halogens is 1. The second kappa shape index (κ2) is 4.87. The third-order valence-electron chi connectivity index (χ3n) is 2.13. The van der Waals surface area contributed by atoms with Crippen LogP contribution in [0.3, 0.4) is 0 Å². The highest BCUT2D eigenvalue weighted by molar-refractivity contribution is 9.10. The summed E-state index contributed by atoms with van der Waals surface area (Å²) in [6.45, 7) is 2.10. The van der Waals surface area contributed by atoms with Crippen LogP contribution in [0.15, 0.2) is 22.8 Å². The summed E-state index contributed by atoms with van der Waals surface area (Å²) >= 11 is 3.32. The van der Waals surface area contributed by atoms with E-state index in [-0.39, 0.29) is 6.10 Å². The van der Waals surface area contributed by atoms with E-state index in [4.69, 9.17) is 9.47 Å². The minimum atomic E-state index is 0.246. The van der Waals surface area contributed by atoms with Gasteiger partial charge in [0.05, 0.1) is 25.0 Å². The predicted molar refractivity (Wildman–Crippen MR) is 56.0 cm³/mol. The van der Waals surface area contributed by atoms with Gasteiger partial charge in [-0.05, 0) is 34.5 Å². The number of hydrogen-bond donors (Lipinski definition) is 0. The summed E-state index contributed by atoms with van der Waals surface area (Å²) in [4.78, 5) is 4.28. The highest BCUT2D eigenvalue weighted by Gasteiger charge is 2.15. The van der Waals surface area contributed by atoms with Gasteiger partial charge in [0.1, 0.15) is 4.60 Å². The number of nitrogens with zero attached hydrogens (tertiary/aromatic N) is 1. The van der Waals surface area contributed by atoms with Gasteiger partial charge in [-0.15, -0.1) is 0 Å². The summed E-state index contributed by atoms with van der Waals surface area (Å²) < 4.78 is 11.7. The molecule has 0 amide bonds. The summed E-state index contributed by atoms with van der Waals surface area (Å²) in [6.07, 6.45) is 1.24.